The minimum atomic E-state index is -2.09. The number of carbonyl (C=O) groups is 2. The molecule has 0 bridgehead atoms. The summed E-state index contributed by atoms with van der Waals surface area (Å²) in [6.45, 7) is 0. The van der Waals surface area contributed by atoms with E-state index in [1.807, 2.05) is 0 Å². The first-order valence-corrected chi connectivity index (χ1v) is 6.12. The van der Waals surface area contributed by atoms with Crippen LogP contribution in [0, 0.1) is 5.92 Å². The second-order valence-corrected chi connectivity index (χ2v) is 4.80. The van der Waals surface area contributed by atoms with Gasteiger partial charge in [0.15, 0.2) is 0 Å². The van der Waals surface area contributed by atoms with Gasteiger partial charge in [-0.2, -0.15) is 0 Å². The number of aliphatic hydroxyl groups is 1. The molecule has 1 aliphatic carbocycles. The zero-order valence-electron chi connectivity index (χ0n) is 9.98. The molecular weight excluding hydrogens is 224 g/mol. The maximum absolute atomic E-state index is 11.7. The second kappa shape index (κ2) is 4.64. The van der Waals surface area contributed by atoms with Crippen molar-refractivity contribution in [1.82, 2.24) is 0 Å². The SMILES string of the molecule is COC(=O)[C@]1(O)C(=O)O[C@H]2CCCCCC[C@@H]21. The summed E-state index contributed by atoms with van der Waals surface area (Å²) in [7, 11) is 1.17. The Hall–Kier alpha value is -1.10. The molecule has 2 aliphatic rings. The zero-order chi connectivity index (χ0) is 12.5. The van der Waals surface area contributed by atoms with E-state index in [2.05, 4.69) is 4.74 Å². The van der Waals surface area contributed by atoms with Gasteiger partial charge in [0.05, 0.1) is 7.11 Å². The Balaban J connectivity index is 2.25. The number of carbonyl (C=O) groups excluding carboxylic acids is 2. The standard InChI is InChI=1S/C12H18O5/c1-16-10(13)12(15)8-6-4-2-3-5-7-9(8)17-11(12)14/h8-9,15H,2-7H2,1H3/t8-,9-,12-/m0/s1. The van der Waals surface area contributed by atoms with Crippen LogP contribution in [0.1, 0.15) is 38.5 Å². The smallest absolute Gasteiger partial charge is 0.350 e. The van der Waals surface area contributed by atoms with E-state index in [0.717, 1.165) is 32.1 Å². The topological polar surface area (TPSA) is 72.8 Å². The maximum atomic E-state index is 11.7. The lowest BCUT2D eigenvalue weighted by Crippen LogP contribution is -2.50. The fourth-order valence-electron chi connectivity index (χ4n) is 2.84. The van der Waals surface area contributed by atoms with Crippen molar-refractivity contribution in [2.75, 3.05) is 7.11 Å². The van der Waals surface area contributed by atoms with Gasteiger partial charge in [-0.15, -0.1) is 0 Å². The molecular formula is C12H18O5. The lowest BCUT2D eigenvalue weighted by Gasteiger charge is -2.26. The van der Waals surface area contributed by atoms with E-state index in [9.17, 15) is 14.7 Å². The van der Waals surface area contributed by atoms with Crippen LogP contribution in [-0.4, -0.2) is 35.9 Å². The van der Waals surface area contributed by atoms with Crippen molar-refractivity contribution in [3.05, 3.63) is 0 Å². The van der Waals surface area contributed by atoms with Gasteiger partial charge in [0.25, 0.3) is 5.60 Å². The van der Waals surface area contributed by atoms with Gasteiger partial charge in [-0.3, -0.25) is 0 Å². The van der Waals surface area contributed by atoms with Crippen LogP contribution in [0.3, 0.4) is 0 Å². The highest BCUT2D eigenvalue weighted by molar-refractivity contribution is 6.05. The Morgan fingerprint density at radius 3 is 2.65 bits per heavy atom. The Kier molecular flexibility index (Phi) is 3.38. The van der Waals surface area contributed by atoms with Gasteiger partial charge in [-0.25, -0.2) is 9.59 Å². The highest BCUT2D eigenvalue weighted by Gasteiger charge is 2.62. The van der Waals surface area contributed by atoms with Crippen LogP contribution in [0.15, 0.2) is 0 Å². The zero-order valence-corrected chi connectivity index (χ0v) is 9.98. The number of hydrogen-bond donors (Lipinski definition) is 1. The molecule has 0 unspecified atom stereocenters. The van der Waals surface area contributed by atoms with Crippen molar-refractivity contribution in [2.45, 2.75) is 50.2 Å². The first-order valence-electron chi connectivity index (χ1n) is 6.12. The first-order chi connectivity index (χ1) is 8.10. The molecule has 1 saturated carbocycles. The summed E-state index contributed by atoms with van der Waals surface area (Å²) in [5.41, 5.74) is -2.09. The van der Waals surface area contributed by atoms with E-state index in [-0.39, 0.29) is 6.10 Å². The summed E-state index contributed by atoms with van der Waals surface area (Å²) in [6, 6.07) is 0. The van der Waals surface area contributed by atoms with Crippen LogP contribution in [0.25, 0.3) is 0 Å². The van der Waals surface area contributed by atoms with Gasteiger partial charge in [0.2, 0.25) is 0 Å². The molecule has 0 aromatic carbocycles. The summed E-state index contributed by atoms with van der Waals surface area (Å²) in [6.07, 6.45) is 5.04. The summed E-state index contributed by atoms with van der Waals surface area (Å²) in [5, 5.41) is 10.3. The molecule has 17 heavy (non-hydrogen) atoms. The fourth-order valence-corrected chi connectivity index (χ4v) is 2.84. The van der Waals surface area contributed by atoms with Gasteiger partial charge in [-0.05, 0) is 19.3 Å². The van der Waals surface area contributed by atoms with E-state index in [4.69, 9.17) is 4.74 Å². The minimum Gasteiger partial charge on any atom is -0.466 e. The minimum absolute atomic E-state index is 0.341. The van der Waals surface area contributed by atoms with Crippen molar-refractivity contribution in [3.63, 3.8) is 0 Å². The van der Waals surface area contributed by atoms with Gasteiger partial charge in [0, 0.05) is 5.92 Å². The summed E-state index contributed by atoms with van der Waals surface area (Å²) >= 11 is 0. The van der Waals surface area contributed by atoms with Gasteiger partial charge in [0.1, 0.15) is 6.10 Å². The molecule has 5 nitrogen and oxygen atoms in total. The highest BCUT2D eigenvalue weighted by Crippen LogP contribution is 2.40. The second-order valence-electron chi connectivity index (χ2n) is 4.80. The van der Waals surface area contributed by atoms with Crippen molar-refractivity contribution >= 4 is 11.9 Å². The van der Waals surface area contributed by atoms with Crippen molar-refractivity contribution in [1.29, 1.82) is 0 Å². The lowest BCUT2D eigenvalue weighted by molar-refractivity contribution is -0.175. The third kappa shape index (κ3) is 1.92. The van der Waals surface area contributed by atoms with Crippen molar-refractivity contribution < 1.29 is 24.2 Å². The fraction of sp³-hybridized carbons (Fsp3) is 0.833. The normalized spacial score (nSPS) is 37.6. The van der Waals surface area contributed by atoms with Crippen LogP contribution in [0.5, 0.6) is 0 Å². The van der Waals surface area contributed by atoms with E-state index in [0.29, 0.717) is 6.42 Å². The molecule has 3 atom stereocenters. The van der Waals surface area contributed by atoms with Crippen LogP contribution < -0.4 is 0 Å². The van der Waals surface area contributed by atoms with E-state index < -0.39 is 23.5 Å². The van der Waals surface area contributed by atoms with E-state index in [1.165, 1.54) is 7.11 Å². The molecule has 2 fully saturated rings. The largest absolute Gasteiger partial charge is 0.466 e. The Morgan fingerprint density at radius 2 is 2.00 bits per heavy atom. The van der Waals surface area contributed by atoms with Crippen LogP contribution in [0.4, 0.5) is 0 Å². The third-order valence-corrected chi connectivity index (χ3v) is 3.81. The number of esters is 2. The molecule has 0 aromatic heterocycles. The number of ether oxygens (including phenoxy) is 2. The molecule has 0 spiro atoms. The molecule has 1 heterocycles. The highest BCUT2D eigenvalue weighted by atomic mass is 16.6. The number of rotatable bonds is 1. The molecule has 1 aliphatic heterocycles. The average Bonchev–Trinajstić information content (AvgIpc) is 2.52. The van der Waals surface area contributed by atoms with Crippen LogP contribution in [0.2, 0.25) is 0 Å². The third-order valence-electron chi connectivity index (χ3n) is 3.81. The quantitative estimate of drug-likeness (QED) is 0.543. The van der Waals surface area contributed by atoms with Crippen molar-refractivity contribution in [2.24, 2.45) is 5.92 Å². The van der Waals surface area contributed by atoms with Gasteiger partial charge >= 0.3 is 11.9 Å². The molecule has 5 heteroatoms. The van der Waals surface area contributed by atoms with Crippen LogP contribution >= 0.6 is 0 Å². The van der Waals surface area contributed by atoms with Gasteiger partial charge in [-0.1, -0.05) is 19.3 Å². The molecule has 0 radical (unpaired) electrons. The molecule has 1 saturated heterocycles. The molecule has 96 valence electrons. The average molecular weight is 242 g/mol. The number of fused-ring (bicyclic) bond motifs is 1. The van der Waals surface area contributed by atoms with E-state index >= 15 is 0 Å². The Bertz CT molecular complexity index is 327. The number of methoxy groups -OCH3 is 1. The molecule has 2 rings (SSSR count). The summed E-state index contributed by atoms with van der Waals surface area (Å²) < 4.78 is 9.69. The first kappa shape index (κ1) is 12.4. The Morgan fingerprint density at radius 1 is 1.35 bits per heavy atom. The molecule has 1 N–H and O–H groups in total. The monoisotopic (exact) mass is 242 g/mol. The van der Waals surface area contributed by atoms with Crippen molar-refractivity contribution in [3.8, 4) is 0 Å². The lowest BCUT2D eigenvalue weighted by atomic mass is 9.79. The van der Waals surface area contributed by atoms with E-state index in [1.54, 1.807) is 0 Å². The number of hydrogen-bond acceptors (Lipinski definition) is 5. The predicted octanol–water partition coefficient (Wildman–Crippen LogP) is 0.786. The molecule has 0 amide bonds. The summed E-state index contributed by atoms with van der Waals surface area (Å²) in [5.74, 6) is -2.19. The Labute approximate surface area is 100 Å². The molecule has 0 aromatic rings. The predicted molar refractivity (Wildman–Crippen MR) is 58.0 cm³/mol. The maximum Gasteiger partial charge on any atom is 0.350 e. The summed E-state index contributed by atoms with van der Waals surface area (Å²) in [4.78, 5) is 23.3. The van der Waals surface area contributed by atoms with Crippen LogP contribution in [-0.2, 0) is 19.1 Å². The van der Waals surface area contributed by atoms with Gasteiger partial charge < -0.3 is 14.6 Å².